The topological polar surface area (TPSA) is 56.1 Å². The summed E-state index contributed by atoms with van der Waals surface area (Å²) in [7, 11) is 0. The normalized spacial score (nSPS) is 10.5. The Morgan fingerprint density at radius 1 is 1.46 bits per heavy atom. The fourth-order valence-corrected chi connectivity index (χ4v) is 3.17. The van der Waals surface area contributed by atoms with E-state index in [1.54, 1.807) is 42.1 Å². The number of nitrogens with zero attached hydrogens (tertiary/aromatic N) is 2. The number of esters is 1. The molecule has 0 atom stereocenters. The van der Waals surface area contributed by atoms with Crippen molar-refractivity contribution in [1.29, 1.82) is 0 Å². The van der Waals surface area contributed by atoms with E-state index < -0.39 is 11.8 Å². The summed E-state index contributed by atoms with van der Waals surface area (Å²) in [5.74, 6) is 1.58. The Hall–Kier alpha value is -2.60. The van der Waals surface area contributed by atoms with E-state index in [4.69, 9.17) is 11.2 Å². The molecule has 0 amide bonds. The summed E-state index contributed by atoms with van der Waals surface area (Å²) in [5.41, 5.74) is 1.63. The second-order valence-electron chi connectivity index (χ2n) is 5.38. The summed E-state index contributed by atoms with van der Waals surface area (Å²) in [6.45, 7) is 2.11. The van der Waals surface area contributed by atoms with Crippen LogP contribution >= 0.6 is 22.6 Å². The number of benzene rings is 1. The van der Waals surface area contributed by atoms with E-state index in [0.29, 0.717) is 11.1 Å². The number of hydrogen-bond donors (Lipinski definition) is 1. The number of terminal acetylenes is 1. The molecule has 1 N–H and O–H groups in total. The molecule has 0 aliphatic carbocycles. The molecule has 0 radical (unpaired) electrons. The Kier molecular flexibility index (Phi) is 5.42. The molecule has 0 bridgehead atoms. The molecule has 0 aliphatic rings. The monoisotopic (exact) mass is 463 g/mol. The fraction of sp³-hybridized carbons (Fsp3) is 0.158. The lowest BCUT2D eigenvalue weighted by Crippen LogP contribution is -2.14. The predicted molar refractivity (Wildman–Crippen MR) is 107 cm³/mol. The molecule has 0 spiro atoms. The van der Waals surface area contributed by atoms with Crippen molar-refractivity contribution in [2.45, 2.75) is 13.5 Å². The van der Waals surface area contributed by atoms with Gasteiger partial charge in [-0.15, -0.1) is 6.42 Å². The number of carbonyl (C=O) groups excluding carboxylic acids is 1. The zero-order valence-electron chi connectivity index (χ0n) is 13.9. The number of aromatic nitrogens is 2. The first kappa shape index (κ1) is 18.2. The van der Waals surface area contributed by atoms with Crippen LogP contribution in [0.5, 0.6) is 0 Å². The molecular formula is C19H15FIN3O2. The third-order valence-corrected chi connectivity index (χ3v) is 4.44. The van der Waals surface area contributed by atoms with Gasteiger partial charge in [0.05, 0.1) is 30.0 Å². The lowest BCUT2D eigenvalue weighted by molar-refractivity contribution is 0.0516. The highest BCUT2D eigenvalue weighted by molar-refractivity contribution is 14.1. The van der Waals surface area contributed by atoms with Gasteiger partial charge in [-0.2, -0.15) is 0 Å². The number of nitrogens with one attached hydrogen (secondary N) is 1. The van der Waals surface area contributed by atoms with Crippen LogP contribution in [0.4, 0.5) is 15.8 Å². The molecule has 7 heteroatoms. The molecule has 2 heterocycles. The van der Waals surface area contributed by atoms with Gasteiger partial charge in [0, 0.05) is 21.4 Å². The number of anilines is 2. The van der Waals surface area contributed by atoms with E-state index in [1.165, 1.54) is 6.07 Å². The third kappa shape index (κ3) is 3.37. The number of pyridine rings is 1. The highest BCUT2D eigenvalue weighted by atomic mass is 127. The molecular weight excluding hydrogens is 448 g/mol. The molecule has 0 aliphatic heterocycles. The van der Waals surface area contributed by atoms with Gasteiger partial charge in [0.2, 0.25) is 0 Å². The maximum atomic E-state index is 14.3. The smallest absolute Gasteiger partial charge is 0.357 e. The predicted octanol–water partition coefficient (Wildman–Crippen LogP) is 4.33. The van der Waals surface area contributed by atoms with Gasteiger partial charge in [-0.25, -0.2) is 9.18 Å². The molecule has 1 aromatic carbocycles. The van der Waals surface area contributed by atoms with Crippen LogP contribution in [0.1, 0.15) is 17.4 Å². The van der Waals surface area contributed by atoms with Gasteiger partial charge >= 0.3 is 5.97 Å². The standard InChI is InChI=1S/C19H15FIN3O2/c1-3-9-24-16-7-8-22-11-13(16)17(18(24)19(25)26-4-2)23-15-6-5-12(21)10-14(15)20/h1,5-8,10-11,23H,4,9H2,2H3. The fourth-order valence-electron chi connectivity index (χ4n) is 2.72. The highest BCUT2D eigenvalue weighted by Gasteiger charge is 2.24. The van der Waals surface area contributed by atoms with Crippen LogP contribution in [-0.4, -0.2) is 22.1 Å². The SMILES string of the molecule is C#CCn1c(C(=O)OCC)c(Nc2ccc(I)cc2F)c2cnccc21. The summed E-state index contributed by atoms with van der Waals surface area (Å²) in [5, 5.41) is 3.68. The quantitative estimate of drug-likeness (QED) is 0.348. The number of ether oxygens (including phenoxy) is 1. The summed E-state index contributed by atoms with van der Waals surface area (Å²) in [4.78, 5) is 16.7. The van der Waals surface area contributed by atoms with Gasteiger partial charge in [0.1, 0.15) is 5.82 Å². The molecule has 0 saturated heterocycles. The van der Waals surface area contributed by atoms with Crippen molar-refractivity contribution in [3.8, 4) is 12.3 Å². The van der Waals surface area contributed by atoms with Gasteiger partial charge in [0.25, 0.3) is 0 Å². The van der Waals surface area contributed by atoms with Gasteiger partial charge < -0.3 is 14.6 Å². The third-order valence-electron chi connectivity index (χ3n) is 3.77. The molecule has 26 heavy (non-hydrogen) atoms. The minimum atomic E-state index is -0.535. The first-order valence-electron chi connectivity index (χ1n) is 7.85. The van der Waals surface area contributed by atoms with E-state index in [0.717, 1.165) is 9.09 Å². The second kappa shape index (κ2) is 7.74. The van der Waals surface area contributed by atoms with Crippen molar-refractivity contribution in [1.82, 2.24) is 9.55 Å². The van der Waals surface area contributed by atoms with E-state index in [1.807, 2.05) is 22.6 Å². The zero-order chi connectivity index (χ0) is 18.7. The van der Waals surface area contributed by atoms with Gasteiger partial charge in [-0.05, 0) is 53.8 Å². The number of fused-ring (bicyclic) bond motifs is 1. The Bertz CT molecular complexity index is 1020. The van der Waals surface area contributed by atoms with Crippen molar-refractivity contribution >= 4 is 50.8 Å². The van der Waals surface area contributed by atoms with Gasteiger partial charge in [-0.1, -0.05) is 5.92 Å². The second-order valence-corrected chi connectivity index (χ2v) is 6.62. The molecule has 3 rings (SSSR count). The average molecular weight is 463 g/mol. The molecule has 0 unspecified atom stereocenters. The number of carbonyl (C=O) groups is 1. The van der Waals surface area contributed by atoms with Crippen molar-refractivity contribution in [2.24, 2.45) is 0 Å². The summed E-state index contributed by atoms with van der Waals surface area (Å²) in [6.07, 6.45) is 8.70. The van der Waals surface area contributed by atoms with Crippen molar-refractivity contribution < 1.29 is 13.9 Å². The van der Waals surface area contributed by atoms with Crippen LogP contribution in [0.25, 0.3) is 10.9 Å². The van der Waals surface area contributed by atoms with E-state index in [2.05, 4.69) is 16.2 Å². The Morgan fingerprint density at radius 3 is 2.96 bits per heavy atom. The lowest BCUT2D eigenvalue weighted by atomic mass is 10.2. The van der Waals surface area contributed by atoms with Gasteiger partial charge in [0.15, 0.2) is 5.69 Å². The van der Waals surface area contributed by atoms with Crippen LogP contribution in [0.3, 0.4) is 0 Å². The molecule has 5 nitrogen and oxygen atoms in total. The van der Waals surface area contributed by atoms with Crippen LogP contribution in [0.15, 0.2) is 36.7 Å². The van der Waals surface area contributed by atoms with Crippen LogP contribution in [0.2, 0.25) is 0 Å². The average Bonchev–Trinajstić information content (AvgIpc) is 2.92. The Labute approximate surface area is 163 Å². The summed E-state index contributed by atoms with van der Waals surface area (Å²) in [6, 6.07) is 6.55. The van der Waals surface area contributed by atoms with Crippen LogP contribution in [-0.2, 0) is 11.3 Å². The largest absolute Gasteiger partial charge is 0.461 e. The number of rotatable bonds is 5. The maximum Gasteiger partial charge on any atom is 0.357 e. The molecule has 0 fully saturated rings. The first-order valence-corrected chi connectivity index (χ1v) is 8.93. The number of halogens is 2. The molecule has 3 aromatic rings. The number of hydrogen-bond acceptors (Lipinski definition) is 4. The minimum absolute atomic E-state index is 0.172. The summed E-state index contributed by atoms with van der Waals surface area (Å²) >= 11 is 2.03. The maximum absolute atomic E-state index is 14.3. The van der Waals surface area contributed by atoms with Crippen LogP contribution < -0.4 is 5.32 Å². The highest BCUT2D eigenvalue weighted by Crippen LogP contribution is 2.34. The molecule has 0 saturated carbocycles. The van der Waals surface area contributed by atoms with Crippen molar-refractivity contribution in [2.75, 3.05) is 11.9 Å². The van der Waals surface area contributed by atoms with E-state index in [-0.39, 0.29) is 24.5 Å². The van der Waals surface area contributed by atoms with Gasteiger partial charge in [-0.3, -0.25) is 4.98 Å². The van der Waals surface area contributed by atoms with E-state index >= 15 is 0 Å². The Morgan fingerprint density at radius 2 is 2.27 bits per heavy atom. The first-order chi connectivity index (χ1) is 12.6. The summed E-state index contributed by atoms with van der Waals surface area (Å²) < 4.78 is 22.0. The minimum Gasteiger partial charge on any atom is -0.461 e. The Balaban J connectivity index is 2.23. The van der Waals surface area contributed by atoms with Crippen molar-refractivity contribution in [3.05, 3.63) is 51.7 Å². The molecule has 2 aromatic heterocycles. The van der Waals surface area contributed by atoms with Crippen LogP contribution in [0, 0.1) is 21.7 Å². The van der Waals surface area contributed by atoms with Crippen molar-refractivity contribution in [3.63, 3.8) is 0 Å². The lowest BCUT2D eigenvalue weighted by Gasteiger charge is -2.11. The molecule has 132 valence electrons. The van der Waals surface area contributed by atoms with E-state index in [9.17, 15) is 9.18 Å². The zero-order valence-corrected chi connectivity index (χ0v) is 16.1.